The lowest BCUT2D eigenvalue weighted by atomic mass is 10.1. The van der Waals surface area contributed by atoms with Gasteiger partial charge in [-0.3, -0.25) is 4.79 Å². The first kappa shape index (κ1) is 14.8. The molecule has 1 aromatic carbocycles. The molecule has 110 valence electrons. The standard InChI is InChI=1S/C14H17F3N2O/c1-2-12-13(20)19(7-6-18-12)9-10-4-3-5-11(8-10)14(15,16)17/h3-5,8,12,18H,2,6-7,9H2,1H3. The lowest BCUT2D eigenvalue weighted by Crippen LogP contribution is -2.54. The Balaban J connectivity index is 2.12. The Kier molecular flexibility index (Phi) is 4.32. The average Bonchev–Trinajstić information content (AvgIpc) is 2.40. The first-order chi connectivity index (χ1) is 9.41. The zero-order chi connectivity index (χ0) is 14.8. The van der Waals surface area contributed by atoms with Crippen molar-refractivity contribution in [1.82, 2.24) is 10.2 Å². The average molecular weight is 286 g/mol. The highest BCUT2D eigenvalue weighted by molar-refractivity contribution is 5.82. The highest BCUT2D eigenvalue weighted by Crippen LogP contribution is 2.29. The van der Waals surface area contributed by atoms with Gasteiger partial charge in [-0.15, -0.1) is 0 Å². The van der Waals surface area contributed by atoms with E-state index in [4.69, 9.17) is 0 Å². The van der Waals surface area contributed by atoms with Gasteiger partial charge in [0, 0.05) is 19.6 Å². The molecule has 1 fully saturated rings. The Morgan fingerprint density at radius 2 is 2.15 bits per heavy atom. The monoisotopic (exact) mass is 286 g/mol. The minimum atomic E-state index is -4.35. The molecule has 0 radical (unpaired) electrons. The van der Waals surface area contributed by atoms with Gasteiger partial charge in [-0.1, -0.05) is 19.1 Å². The van der Waals surface area contributed by atoms with Crippen LogP contribution in [-0.2, 0) is 17.5 Å². The Labute approximate surface area is 115 Å². The fourth-order valence-electron chi connectivity index (χ4n) is 2.33. The predicted octanol–water partition coefficient (Wildman–Crippen LogP) is 2.42. The quantitative estimate of drug-likeness (QED) is 0.925. The van der Waals surface area contributed by atoms with E-state index >= 15 is 0 Å². The second-order valence-corrected chi connectivity index (χ2v) is 4.87. The Morgan fingerprint density at radius 3 is 2.80 bits per heavy atom. The summed E-state index contributed by atoms with van der Waals surface area (Å²) in [5.41, 5.74) is -0.172. The summed E-state index contributed by atoms with van der Waals surface area (Å²) >= 11 is 0. The Morgan fingerprint density at radius 1 is 1.40 bits per heavy atom. The van der Waals surface area contributed by atoms with Gasteiger partial charge in [-0.25, -0.2) is 0 Å². The number of rotatable bonds is 3. The van der Waals surface area contributed by atoms with E-state index in [-0.39, 0.29) is 18.5 Å². The molecule has 6 heteroatoms. The number of amides is 1. The first-order valence-electron chi connectivity index (χ1n) is 6.60. The van der Waals surface area contributed by atoms with Crippen molar-refractivity contribution < 1.29 is 18.0 Å². The van der Waals surface area contributed by atoms with E-state index < -0.39 is 11.7 Å². The second-order valence-electron chi connectivity index (χ2n) is 4.87. The minimum Gasteiger partial charge on any atom is -0.336 e. The number of carbonyl (C=O) groups excluding carboxylic acids is 1. The summed E-state index contributed by atoms with van der Waals surface area (Å²) in [6.07, 6.45) is -3.67. The molecule has 0 bridgehead atoms. The molecule has 1 heterocycles. The maximum absolute atomic E-state index is 12.6. The van der Waals surface area contributed by atoms with E-state index in [1.54, 1.807) is 11.0 Å². The van der Waals surface area contributed by atoms with Gasteiger partial charge in [-0.05, 0) is 24.1 Å². The van der Waals surface area contributed by atoms with E-state index in [2.05, 4.69) is 5.32 Å². The van der Waals surface area contributed by atoms with Crippen LogP contribution < -0.4 is 5.32 Å². The number of halogens is 3. The normalized spacial score (nSPS) is 20.3. The number of hydrogen-bond donors (Lipinski definition) is 1. The summed E-state index contributed by atoms with van der Waals surface area (Å²) in [7, 11) is 0. The second kappa shape index (κ2) is 5.83. The molecule has 1 unspecified atom stereocenters. The van der Waals surface area contributed by atoms with Crippen molar-refractivity contribution in [1.29, 1.82) is 0 Å². The van der Waals surface area contributed by atoms with E-state index in [1.165, 1.54) is 6.07 Å². The van der Waals surface area contributed by atoms with Crippen LogP contribution >= 0.6 is 0 Å². The van der Waals surface area contributed by atoms with Crippen LogP contribution in [0.4, 0.5) is 13.2 Å². The van der Waals surface area contributed by atoms with Crippen LogP contribution in [0.5, 0.6) is 0 Å². The number of hydrogen-bond acceptors (Lipinski definition) is 2. The summed E-state index contributed by atoms with van der Waals surface area (Å²) in [6, 6.07) is 4.91. The van der Waals surface area contributed by atoms with Crippen molar-refractivity contribution in [3.8, 4) is 0 Å². The third kappa shape index (κ3) is 3.30. The lowest BCUT2D eigenvalue weighted by Gasteiger charge is -2.33. The number of nitrogens with one attached hydrogen (secondary N) is 1. The molecule has 1 aliphatic rings. The molecule has 1 aliphatic heterocycles. The van der Waals surface area contributed by atoms with Gasteiger partial charge < -0.3 is 10.2 Å². The Bertz CT molecular complexity index is 488. The molecule has 0 saturated carbocycles. The van der Waals surface area contributed by atoms with Crippen LogP contribution in [0.15, 0.2) is 24.3 Å². The highest BCUT2D eigenvalue weighted by atomic mass is 19.4. The van der Waals surface area contributed by atoms with Gasteiger partial charge in [0.05, 0.1) is 11.6 Å². The van der Waals surface area contributed by atoms with E-state index in [0.29, 0.717) is 25.1 Å². The van der Waals surface area contributed by atoms with Crippen LogP contribution in [0.25, 0.3) is 0 Å². The van der Waals surface area contributed by atoms with Gasteiger partial charge in [0.2, 0.25) is 5.91 Å². The lowest BCUT2D eigenvalue weighted by molar-refractivity contribution is -0.137. The van der Waals surface area contributed by atoms with Crippen molar-refractivity contribution in [3.05, 3.63) is 35.4 Å². The summed E-state index contributed by atoms with van der Waals surface area (Å²) in [5, 5.41) is 3.10. The van der Waals surface area contributed by atoms with Crippen LogP contribution in [-0.4, -0.2) is 29.9 Å². The van der Waals surface area contributed by atoms with Gasteiger partial charge in [-0.2, -0.15) is 13.2 Å². The fraction of sp³-hybridized carbons (Fsp3) is 0.500. The topological polar surface area (TPSA) is 32.3 Å². The highest BCUT2D eigenvalue weighted by Gasteiger charge is 2.31. The molecule has 20 heavy (non-hydrogen) atoms. The van der Waals surface area contributed by atoms with Gasteiger partial charge >= 0.3 is 6.18 Å². The number of piperazine rings is 1. The molecule has 1 aromatic rings. The number of nitrogens with zero attached hydrogens (tertiary/aromatic N) is 1. The summed E-state index contributed by atoms with van der Waals surface area (Å²) in [5.74, 6) is -0.0452. The molecule has 0 spiro atoms. The van der Waals surface area contributed by atoms with Crippen molar-refractivity contribution in [3.63, 3.8) is 0 Å². The summed E-state index contributed by atoms with van der Waals surface area (Å²) < 4.78 is 37.9. The van der Waals surface area contributed by atoms with E-state index in [1.807, 2.05) is 6.92 Å². The van der Waals surface area contributed by atoms with Gasteiger partial charge in [0.15, 0.2) is 0 Å². The Hall–Kier alpha value is -1.56. The molecular formula is C14H17F3N2O. The third-order valence-corrected chi connectivity index (χ3v) is 3.42. The molecule has 2 rings (SSSR count). The van der Waals surface area contributed by atoms with Crippen molar-refractivity contribution in [2.24, 2.45) is 0 Å². The zero-order valence-corrected chi connectivity index (χ0v) is 11.2. The first-order valence-corrected chi connectivity index (χ1v) is 6.60. The molecule has 1 N–H and O–H groups in total. The smallest absolute Gasteiger partial charge is 0.336 e. The summed E-state index contributed by atoms with van der Waals surface area (Å²) in [6.45, 7) is 3.32. The predicted molar refractivity (Wildman–Crippen MR) is 68.9 cm³/mol. The molecule has 0 aromatic heterocycles. The summed E-state index contributed by atoms with van der Waals surface area (Å²) in [4.78, 5) is 13.7. The van der Waals surface area contributed by atoms with Crippen molar-refractivity contribution in [2.45, 2.75) is 32.1 Å². The molecular weight excluding hydrogens is 269 g/mol. The van der Waals surface area contributed by atoms with E-state index in [9.17, 15) is 18.0 Å². The molecule has 1 atom stereocenters. The van der Waals surface area contributed by atoms with Crippen LogP contribution in [0, 0.1) is 0 Å². The fourth-order valence-corrected chi connectivity index (χ4v) is 2.33. The minimum absolute atomic E-state index is 0.0452. The van der Waals surface area contributed by atoms with Crippen molar-refractivity contribution in [2.75, 3.05) is 13.1 Å². The molecule has 1 saturated heterocycles. The van der Waals surface area contributed by atoms with Crippen molar-refractivity contribution >= 4 is 5.91 Å². The van der Waals surface area contributed by atoms with E-state index in [0.717, 1.165) is 12.1 Å². The SMILES string of the molecule is CCC1NCCN(Cc2cccc(C(F)(F)F)c2)C1=O. The number of benzene rings is 1. The molecule has 3 nitrogen and oxygen atoms in total. The van der Waals surface area contributed by atoms with Crippen LogP contribution in [0.2, 0.25) is 0 Å². The number of alkyl halides is 3. The molecule has 0 aliphatic carbocycles. The maximum atomic E-state index is 12.6. The maximum Gasteiger partial charge on any atom is 0.416 e. The van der Waals surface area contributed by atoms with Crippen LogP contribution in [0.3, 0.4) is 0 Å². The van der Waals surface area contributed by atoms with Gasteiger partial charge in [0.1, 0.15) is 0 Å². The van der Waals surface area contributed by atoms with Crippen LogP contribution in [0.1, 0.15) is 24.5 Å². The zero-order valence-electron chi connectivity index (χ0n) is 11.2. The number of carbonyl (C=O) groups is 1. The molecule has 1 amide bonds. The van der Waals surface area contributed by atoms with Gasteiger partial charge in [0.25, 0.3) is 0 Å². The largest absolute Gasteiger partial charge is 0.416 e. The third-order valence-electron chi connectivity index (χ3n) is 3.42.